The maximum atomic E-state index is 4.51. The molecule has 1 nitrogen and oxygen atoms in total. The number of allylic oxidation sites excluding steroid dienone is 1. The van der Waals surface area contributed by atoms with E-state index in [0.29, 0.717) is 5.92 Å². The highest BCUT2D eigenvalue weighted by atomic mass is 14.7. The van der Waals surface area contributed by atoms with Gasteiger partial charge in [0, 0.05) is 12.6 Å². The quantitative estimate of drug-likeness (QED) is 0.581. The molecule has 0 saturated heterocycles. The maximum Gasteiger partial charge on any atom is 0.0665 e. The molecule has 1 aliphatic rings. The number of fused-ring (bicyclic) bond motifs is 1. The minimum atomic E-state index is 0.566. The molecule has 0 saturated carbocycles. The molecule has 0 atom stereocenters. The van der Waals surface area contributed by atoms with Crippen molar-refractivity contribution in [3.63, 3.8) is 0 Å². The van der Waals surface area contributed by atoms with Crippen LogP contribution in [0.15, 0.2) is 66.9 Å². The second-order valence-electron chi connectivity index (χ2n) is 6.72. The van der Waals surface area contributed by atoms with Crippen molar-refractivity contribution in [2.24, 2.45) is 0 Å². The van der Waals surface area contributed by atoms with E-state index in [4.69, 9.17) is 0 Å². The van der Waals surface area contributed by atoms with Crippen LogP contribution >= 0.6 is 0 Å². The molecular formula is C23H21N. The molecule has 4 rings (SSSR count). The van der Waals surface area contributed by atoms with Crippen molar-refractivity contribution in [2.75, 3.05) is 0 Å². The van der Waals surface area contributed by atoms with Crippen molar-refractivity contribution in [1.29, 1.82) is 0 Å². The van der Waals surface area contributed by atoms with Crippen LogP contribution < -0.4 is 0 Å². The van der Waals surface area contributed by atoms with Crippen molar-refractivity contribution in [3.8, 4) is 11.1 Å². The molecule has 0 unspecified atom stereocenters. The second-order valence-corrected chi connectivity index (χ2v) is 6.72. The van der Waals surface area contributed by atoms with E-state index < -0.39 is 0 Å². The van der Waals surface area contributed by atoms with Gasteiger partial charge >= 0.3 is 0 Å². The average Bonchev–Trinajstić information content (AvgIpc) is 3.07. The Balaban J connectivity index is 1.75. The fraction of sp³-hybridized carbons (Fsp3) is 0.174. The van der Waals surface area contributed by atoms with E-state index in [2.05, 4.69) is 79.5 Å². The van der Waals surface area contributed by atoms with Crippen molar-refractivity contribution in [1.82, 2.24) is 4.98 Å². The summed E-state index contributed by atoms with van der Waals surface area (Å²) in [7, 11) is 0. The van der Waals surface area contributed by atoms with E-state index in [-0.39, 0.29) is 0 Å². The predicted octanol–water partition coefficient (Wildman–Crippen LogP) is 5.97. The number of pyridine rings is 1. The summed E-state index contributed by atoms with van der Waals surface area (Å²) in [4.78, 5) is 4.51. The molecule has 1 aromatic heterocycles. The topological polar surface area (TPSA) is 12.9 Å². The minimum Gasteiger partial charge on any atom is -0.257 e. The first-order chi connectivity index (χ1) is 11.7. The predicted molar refractivity (Wildman–Crippen MR) is 102 cm³/mol. The highest BCUT2D eigenvalue weighted by Gasteiger charge is 2.18. The zero-order chi connectivity index (χ0) is 16.5. The molecule has 1 heteroatoms. The zero-order valence-corrected chi connectivity index (χ0v) is 14.2. The lowest BCUT2D eigenvalue weighted by atomic mass is 9.94. The SMILES string of the molecule is CC(C)c1ccc(-c2cccc3c2C=C(c2ccccn2)C3)cc1. The number of nitrogens with zero attached hydrogens (tertiary/aromatic N) is 1. The molecule has 2 aromatic carbocycles. The molecule has 0 N–H and O–H groups in total. The van der Waals surface area contributed by atoms with Crippen molar-refractivity contribution < 1.29 is 0 Å². The first kappa shape index (κ1) is 14.9. The Bertz CT molecular complexity index is 887. The van der Waals surface area contributed by atoms with Crippen molar-refractivity contribution in [2.45, 2.75) is 26.2 Å². The van der Waals surface area contributed by atoms with Gasteiger partial charge in [-0.3, -0.25) is 4.98 Å². The first-order valence-corrected chi connectivity index (χ1v) is 8.56. The Morgan fingerprint density at radius 1 is 0.875 bits per heavy atom. The molecule has 1 heterocycles. The molecule has 0 aliphatic heterocycles. The summed E-state index contributed by atoms with van der Waals surface area (Å²) in [6.45, 7) is 4.47. The summed E-state index contributed by atoms with van der Waals surface area (Å²) in [6, 6.07) is 21.7. The van der Waals surface area contributed by atoms with E-state index in [9.17, 15) is 0 Å². The third-order valence-electron chi connectivity index (χ3n) is 4.78. The molecule has 3 aromatic rings. The van der Waals surface area contributed by atoms with Crippen LogP contribution in [0, 0.1) is 0 Å². The molecule has 0 bridgehead atoms. The van der Waals surface area contributed by atoms with Gasteiger partial charge in [-0.25, -0.2) is 0 Å². The van der Waals surface area contributed by atoms with Gasteiger partial charge in [0.25, 0.3) is 0 Å². The molecule has 1 aliphatic carbocycles. The second kappa shape index (κ2) is 6.09. The van der Waals surface area contributed by atoms with E-state index in [1.54, 1.807) is 0 Å². The van der Waals surface area contributed by atoms with Crippen molar-refractivity contribution >= 4 is 11.6 Å². The third-order valence-corrected chi connectivity index (χ3v) is 4.78. The van der Waals surface area contributed by atoms with Gasteiger partial charge in [0.05, 0.1) is 5.69 Å². The van der Waals surface area contributed by atoms with Crippen LogP contribution in [-0.4, -0.2) is 4.98 Å². The van der Waals surface area contributed by atoms with Gasteiger partial charge in [-0.05, 0) is 57.5 Å². The number of aromatic nitrogens is 1. The van der Waals surface area contributed by atoms with Gasteiger partial charge in [0.1, 0.15) is 0 Å². The summed E-state index contributed by atoms with van der Waals surface area (Å²) in [5.74, 6) is 0.566. The average molecular weight is 311 g/mol. The Hall–Kier alpha value is -2.67. The molecular weight excluding hydrogens is 290 g/mol. The monoisotopic (exact) mass is 311 g/mol. The Kier molecular flexibility index (Phi) is 3.78. The van der Waals surface area contributed by atoms with Crippen LogP contribution in [0.2, 0.25) is 0 Å². The largest absolute Gasteiger partial charge is 0.257 e. The Morgan fingerprint density at radius 3 is 2.42 bits per heavy atom. The standard InChI is InChI=1S/C23H21N/c1-16(2)17-9-11-18(12-10-17)21-7-5-6-19-14-20(15-22(19)21)23-8-3-4-13-24-23/h3-13,15-16H,14H2,1-2H3. The molecule has 24 heavy (non-hydrogen) atoms. The zero-order valence-electron chi connectivity index (χ0n) is 14.2. The smallest absolute Gasteiger partial charge is 0.0665 e. The lowest BCUT2D eigenvalue weighted by Gasteiger charge is -2.10. The van der Waals surface area contributed by atoms with E-state index in [1.807, 2.05) is 12.3 Å². The summed E-state index contributed by atoms with van der Waals surface area (Å²) >= 11 is 0. The number of hydrogen-bond donors (Lipinski definition) is 0. The van der Waals surface area contributed by atoms with E-state index in [0.717, 1.165) is 12.1 Å². The summed E-state index contributed by atoms with van der Waals surface area (Å²) in [5.41, 5.74) is 9.10. The van der Waals surface area contributed by atoms with E-state index in [1.165, 1.54) is 33.4 Å². The number of benzene rings is 2. The van der Waals surface area contributed by atoms with Crippen LogP contribution in [0.25, 0.3) is 22.8 Å². The van der Waals surface area contributed by atoms with Gasteiger partial charge in [0.2, 0.25) is 0 Å². The maximum absolute atomic E-state index is 4.51. The van der Waals surface area contributed by atoms with Gasteiger partial charge < -0.3 is 0 Å². The molecule has 0 amide bonds. The van der Waals surface area contributed by atoms with Crippen LogP contribution in [0.4, 0.5) is 0 Å². The summed E-state index contributed by atoms with van der Waals surface area (Å²) in [5, 5.41) is 0. The highest BCUT2D eigenvalue weighted by molar-refractivity contribution is 5.93. The first-order valence-electron chi connectivity index (χ1n) is 8.56. The van der Waals surface area contributed by atoms with Crippen LogP contribution in [-0.2, 0) is 6.42 Å². The number of rotatable bonds is 3. The van der Waals surface area contributed by atoms with E-state index >= 15 is 0 Å². The fourth-order valence-corrected chi connectivity index (χ4v) is 3.38. The molecule has 0 radical (unpaired) electrons. The molecule has 118 valence electrons. The number of hydrogen-bond acceptors (Lipinski definition) is 1. The normalized spacial score (nSPS) is 13.0. The lowest BCUT2D eigenvalue weighted by Crippen LogP contribution is -1.90. The van der Waals surface area contributed by atoms with Gasteiger partial charge in [-0.15, -0.1) is 0 Å². The third kappa shape index (κ3) is 2.67. The summed E-state index contributed by atoms with van der Waals surface area (Å²) < 4.78 is 0. The lowest BCUT2D eigenvalue weighted by molar-refractivity contribution is 0.867. The van der Waals surface area contributed by atoms with Gasteiger partial charge in [0.15, 0.2) is 0 Å². The summed E-state index contributed by atoms with van der Waals surface area (Å²) in [6.07, 6.45) is 5.14. The van der Waals surface area contributed by atoms with Gasteiger partial charge in [-0.2, -0.15) is 0 Å². The fourth-order valence-electron chi connectivity index (χ4n) is 3.38. The van der Waals surface area contributed by atoms with Gasteiger partial charge in [-0.1, -0.05) is 62.4 Å². The Morgan fingerprint density at radius 2 is 1.71 bits per heavy atom. The molecule has 0 spiro atoms. The molecule has 0 fully saturated rings. The van der Waals surface area contributed by atoms with Crippen LogP contribution in [0.3, 0.4) is 0 Å². The minimum absolute atomic E-state index is 0.566. The van der Waals surface area contributed by atoms with Crippen LogP contribution in [0.1, 0.15) is 42.1 Å². The Labute approximate surface area is 143 Å². The van der Waals surface area contributed by atoms with Crippen LogP contribution in [0.5, 0.6) is 0 Å². The highest BCUT2D eigenvalue weighted by Crippen LogP contribution is 2.37. The van der Waals surface area contributed by atoms with Crippen molar-refractivity contribution in [3.05, 3.63) is 89.2 Å².